The van der Waals surface area contributed by atoms with Gasteiger partial charge in [-0.1, -0.05) is 18.2 Å². The zero-order chi connectivity index (χ0) is 13.8. The average molecular weight is 271 g/mol. The molecule has 1 saturated heterocycles. The summed E-state index contributed by atoms with van der Waals surface area (Å²) >= 11 is 0. The molecule has 0 radical (unpaired) electrons. The number of nitrogens with two attached hydrogens (primary N) is 1. The summed E-state index contributed by atoms with van der Waals surface area (Å²) in [5, 5.41) is 2.38. The van der Waals surface area contributed by atoms with Crippen LogP contribution in [0.4, 0.5) is 0 Å². The Morgan fingerprint density at radius 1 is 1.40 bits per heavy atom. The molecule has 2 atom stereocenters. The van der Waals surface area contributed by atoms with Crippen LogP contribution in [0.25, 0.3) is 10.8 Å². The molecule has 1 aliphatic rings. The molecule has 4 heteroatoms. The highest BCUT2D eigenvalue weighted by atomic mass is 16.5. The lowest BCUT2D eigenvalue weighted by atomic mass is 9.96. The van der Waals surface area contributed by atoms with E-state index in [4.69, 9.17) is 10.6 Å². The number of fused-ring (bicyclic) bond motifs is 1. The Balaban J connectivity index is 1.79. The standard InChI is InChI=1S/C16H21N3O/c17-19-16(7-6-13-4-2-10-20-13)14-5-1-3-12-8-9-18-11-15(12)14/h1,3,5,8-9,11,13,16,19H,2,4,6-7,10,17H2. The molecule has 0 saturated carbocycles. The van der Waals surface area contributed by atoms with Gasteiger partial charge in [0.25, 0.3) is 0 Å². The lowest BCUT2D eigenvalue weighted by molar-refractivity contribution is 0.0996. The minimum Gasteiger partial charge on any atom is -0.378 e. The van der Waals surface area contributed by atoms with Crippen LogP contribution in [0, 0.1) is 0 Å². The largest absolute Gasteiger partial charge is 0.378 e. The number of hydrogen-bond acceptors (Lipinski definition) is 4. The third kappa shape index (κ3) is 2.82. The van der Waals surface area contributed by atoms with Crippen LogP contribution >= 0.6 is 0 Å². The van der Waals surface area contributed by atoms with Crippen molar-refractivity contribution in [3.05, 3.63) is 42.2 Å². The van der Waals surface area contributed by atoms with E-state index in [9.17, 15) is 0 Å². The molecule has 3 N–H and O–H groups in total. The second kappa shape index (κ2) is 6.31. The number of nitrogens with one attached hydrogen (secondary N) is 1. The molecule has 0 spiro atoms. The number of nitrogens with zero attached hydrogens (tertiary/aromatic N) is 1. The van der Waals surface area contributed by atoms with Crippen LogP contribution in [0.1, 0.15) is 37.3 Å². The van der Waals surface area contributed by atoms with Gasteiger partial charge in [-0.25, -0.2) is 0 Å². The topological polar surface area (TPSA) is 60.2 Å². The molecule has 1 aromatic heterocycles. The van der Waals surface area contributed by atoms with E-state index in [0.29, 0.717) is 6.10 Å². The van der Waals surface area contributed by atoms with Gasteiger partial charge in [-0.05, 0) is 42.7 Å². The van der Waals surface area contributed by atoms with Gasteiger partial charge in [-0.2, -0.15) is 0 Å². The molecule has 1 aliphatic heterocycles. The molecule has 106 valence electrons. The quantitative estimate of drug-likeness (QED) is 0.648. The van der Waals surface area contributed by atoms with Crippen molar-refractivity contribution in [3.63, 3.8) is 0 Å². The Morgan fingerprint density at radius 3 is 3.15 bits per heavy atom. The molecule has 20 heavy (non-hydrogen) atoms. The van der Waals surface area contributed by atoms with Crippen LogP contribution in [0.15, 0.2) is 36.7 Å². The highest BCUT2D eigenvalue weighted by Crippen LogP contribution is 2.28. The van der Waals surface area contributed by atoms with Gasteiger partial charge in [-0.3, -0.25) is 16.3 Å². The molecule has 2 aromatic rings. The van der Waals surface area contributed by atoms with Crippen molar-refractivity contribution in [1.82, 2.24) is 10.4 Å². The fourth-order valence-electron chi connectivity index (χ4n) is 2.99. The van der Waals surface area contributed by atoms with E-state index in [1.54, 1.807) is 0 Å². The summed E-state index contributed by atoms with van der Waals surface area (Å²) in [5.41, 5.74) is 4.17. The molecule has 0 aliphatic carbocycles. The van der Waals surface area contributed by atoms with E-state index in [1.807, 2.05) is 18.5 Å². The Labute approximate surface area is 119 Å². The number of hydrazine groups is 1. The zero-order valence-corrected chi connectivity index (χ0v) is 11.6. The summed E-state index contributed by atoms with van der Waals surface area (Å²) in [7, 11) is 0. The Hall–Kier alpha value is -1.49. The molecular weight excluding hydrogens is 250 g/mol. The van der Waals surface area contributed by atoms with Gasteiger partial charge in [0.05, 0.1) is 6.10 Å². The summed E-state index contributed by atoms with van der Waals surface area (Å²) in [6.07, 6.45) is 8.53. The predicted octanol–water partition coefficient (Wildman–Crippen LogP) is 2.70. The third-order valence-corrected chi connectivity index (χ3v) is 4.10. The summed E-state index contributed by atoms with van der Waals surface area (Å²) < 4.78 is 5.69. The number of hydrogen-bond donors (Lipinski definition) is 2. The van der Waals surface area contributed by atoms with Gasteiger partial charge in [-0.15, -0.1) is 0 Å². The number of benzene rings is 1. The molecule has 2 heterocycles. The van der Waals surface area contributed by atoms with Crippen LogP contribution in [0.2, 0.25) is 0 Å². The Kier molecular flexibility index (Phi) is 4.25. The molecule has 4 nitrogen and oxygen atoms in total. The van der Waals surface area contributed by atoms with Crippen molar-refractivity contribution in [1.29, 1.82) is 0 Å². The van der Waals surface area contributed by atoms with Crippen molar-refractivity contribution in [3.8, 4) is 0 Å². The molecule has 1 fully saturated rings. The number of pyridine rings is 1. The van der Waals surface area contributed by atoms with Gasteiger partial charge in [0.15, 0.2) is 0 Å². The molecular formula is C16H21N3O. The zero-order valence-electron chi connectivity index (χ0n) is 11.6. The van der Waals surface area contributed by atoms with E-state index < -0.39 is 0 Å². The van der Waals surface area contributed by atoms with Gasteiger partial charge in [0.1, 0.15) is 0 Å². The maximum Gasteiger partial charge on any atom is 0.0576 e. The fourth-order valence-corrected chi connectivity index (χ4v) is 2.99. The SMILES string of the molecule is NNC(CCC1CCCO1)c1cccc2ccncc12. The molecule has 0 bridgehead atoms. The third-order valence-electron chi connectivity index (χ3n) is 4.10. The van der Waals surface area contributed by atoms with Crippen molar-refractivity contribution in [2.24, 2.45) is 5.84 Å². The second-order valence-corrected chi connectivity index (χ2v) is 5.38. The van der Waals surface area contributed by atoms with Crippen molar-refractivity contribution < 1.29 is 4.74 Å². The van der Waals surface area contributed by atoms with E-state index in [2.05, 4.69) is 28.6 Å². The highest BCUT2D eigenvalue weighted by molar-refractivity contribution is 5.85. The Bertz CT molecular complexity index is 561. The minimum atomic E-state index is 0.145. The van der Waals surface area contributed by atoms with Crippen molar-refractivity contribution in [2.45, 2.75) is 37.8 Å². The summed E-state index contributed by atoms with van der Waals surface area (Å²) in [5.74, 6) is 5.77. The lowest BCUT2D eigenvalue weighted by Gasteiger charge is -2.20. The normalized spacial score (nSPS) is 20.4. The lowest BCUT2D eigenvalue weighted by Crippen LogP contribution is -2.29. The number of ether oxygens (including phenoxy) is 1. The van der Waals surface area contributed by atoms with Crippen molar-refractivity contribution in [2.75, 3.05) is 6.61 Å². The van der Waals surface area contributed by atoms with Crippen LogP contribution in [0.5, 0.6) is 0 Å². The van der Waals surface area contributed by atoms with Gasteiger partial charge < -0.3 is 4.74 Å². The van der Waals surface area contributed by atoms with E-state index >= 15 is 0 Å². The van der Waals surface area contributed by atoms with Crippen LogP contribution in [-0.2, 0) is 4.74 Å². The first-order chi connectivity index (χ1) is 9.88. The highest BCUT2D eigenvalue weighted by Gasteiger charge is 2.19. The maximum atomic E-state index is 5.77. The van der Waals surface area contributed by atoms with Crippen LogP contribution in [0.3, 0.4) is 0 Å². The summed E-state index contributed by atoms with van der Waals surface area (Å²) in [6.45, 7) is 0.906. The maximum absolute atomic E-state index is 5.77. The molecule has 1 aromatic carbocycles. The molecule has 2 unspecified atom stereocenters. The van der Waals surface area contributed by atoms with E-state index in [-0.39, 0.29) is 6.04 Å². The Morgan fingerprint density at radius 2 is 2.35 bits per heavy atom. The van der Waals surface area contributed by atoms with Gasteiger partial charge in [0, 0.05) is 30.4 Å². The summed E-state index contributed by atoms with van der Waals surface area (Å²) in [4.78, 5) is 4.23. The molecule has 0 amide bonds. The van der Waals surface area contributed by atoms with Gasteiger partial charge in [0.2, 0.25) is 0 Å². The number of rotatable bonds is 5. The predicted molar refractivity (Wildman–Crippen MR) is 80.0 cm³/mol. The van der Waals surface area contributed by atoms with Crippen LogP contribution < -0.4 is 11.3 Å². The fraction of sp³-hybridized carbons (Fsp3) is 0.438. The van der Waals surface area contributed by atoms with Crippen LogP contribution in [-0.4, -0.2) is 17.7 Å². The average Bonchev–Trinajstić information content (AvgIpc) is 3.01. The number of aromatic nitrogens is 1. The van der Waals surface area contributed by atoms with E-state index in [1.165, 1.54) is 29.2 Å². The smallest absolute Gasteiger partial charge is 0.0576 e. The summed E-state index contributed by atoms with van der Waals surface area (Å²) in [6, 6.07) is 8.49. The minimum absolute atomic E-state index is 0.145. The second-order valence-electron chi connectivity index (χ2n) is 5.38. The first-order valence-electron chi connectivity index (χ1n) is 7.29. The van der Waals surface area contributed by atoms with E-state index in [0.717, 1.165) is 19.4 Å². The first kappa shape index (κ1) is 13.5. The monoisotopic (exact) mass is 271 g/mol. The van der Waals surface area contributed by atoms with Gasteiger partial charge >= 0.3 is 0 Å². The molecule has 3 rings (SSSR count). The van der Waals surface area contributed by atoms with Crippen molar-refractivity contribution >= 4 is 10.8 Å². The first-order valence-corrected chi connectivity index (χ1v) is 7.29.